The maximum atomic E-state index is 12.7. The minimum atomic E-state index is -0.661. The van der Waals surface area contributed by atoms with E-state index in [1.165, 1.54) is 11.3 Å². The van der Waals surface area contributed by atoms with Crippen LogP contribution in [0.2, 0.25) is 0 Å². The second-order valence-electron chi connectivity index (χ2n) is 7.52. The molecule has 168 valence electrons. The van der Waals surface area contributed by atoms with Crippen molar-refractivity contribution in [2.24, 2.45) is 0 Å². The summed E-state index contributed by atoms with van der Waals surface area (Å²) in [6.07, 6.45) is -0.661. The lowest BCUT2D eigenvalue weighted by molar-refractivity contribution is -0.122. The zero-order valence-electron chi connectivity index (χ0n) is 18.9. The van der Waals surface area contributed by atoms with Crippen LogP contribution in [0.15, 0.2) is 78.9 Å². The largest absolute Gasteiger partial charge is 0.494 e. The van der Waals surface area contributed by atoms with Gasteiger partial charge in [0.1, 0.15) is 11.5 Å². The van der Waals surface area contributed by atoms with E-state index in [1.807, 2.05) is 80.6 Å². The summed E-state index contributed by atoms with van der Waals surface area (Å²) < 4.78 is 11.3. The summed E-state index contributed by atoms with van der Waals surface area (Å²) in [5, 5.41) is 3.43. The minimum Gasteiger partial charge on any atom is -0.494 e. The number of aromatic nitrogens is 1. The number of carbonyl (C=O) groups is 1. The topological polar surface area (TPSA) is 60.5 Å². The third-order valence-corrected chi connectivity index (χ3v) is 6.00. The van der Waals surface area contributed by atoms with Crippen molar-refractivity contribution >= 4 is 22.4 Å². The third kappa shape index (κ3) is 5.59. The number of thiazole rings is 1. The molecule has 0 fully saturated rings. The molecule has 0 saturated carbocycles. The number of ether oxygens (including phenoxy) is 2. The standard InChI is InChI=1S/C27H26N2O3S/c1-4-31-23-14-12-22(13-15-23)25-19(3)33-27(28-25)29-26(30)18(2)32-24-16-10-21(11-17-24)20-8-6-5-7-9-20/h5-18H,4H2,1-3H3,(H,28,29,30). The number of nitrogens with one attached hydrogen (secondary N) is 1. The molecular formula is C27H26N2O3S. The van der Waals surface area contributed by atoms with Crippen LogP contribution in [-0.2, 0) is 4.79 Å². The Morgan fingerprint density at radius 2 is 1.52 bits per heavy atom. The van der Waals surface area contributed by atoms with E-state index in [4.69, 9.17) is 9.47 Å². The predicted molar refractivity (Wildman–Crippen MR) is 134 cm³/mol. The molecule has 1 unspecified atom stereocenters. The zero-order chi connectivity index (χ0) is 23.2. The average molecular weight is 459 g/mol. The van der Waals surface area contributed by atoms with Crippen molar-refractivity contribution in [2.75, 3.05) is 11.9 Å². The number of aryl methyl sites for hydroxylation is 1. The van der Waals surface area contributed by atoms with Crippen LogP contribution < -0.4 is 14.8 Å². The van der Waals surface area contributed by atoms with Crippen molar-refractivity contribution in [1.82, 2.24) is 4.98 Å². The Bertz CT molecular complexity index is 1200. The normalized spacial score (nSPS) is 11.6. The number of nitrogens with zero attached hydrogens (tertiary/aromatic N) is 1. The Balaban J connectivity index is 1.38. The number of benzene rings is 3. The summed E-state index contributed by atoms with van der Waals surface area (Å²) in [7, 11) is 0. The van der Waals surface area contributed by atoms with E-state index in [-0.39, 0.29) is 5.91 Å². The first-order chi connectivity index (χ1) is 16.0. The number of carbonyl (C=O) groups excluding carboxylic acids is 1. The van der Waals surface area contributed by atoms with Crippen LogP contribution in [0.4, 0.5) is 5.13 Å². The van der Waals surface area contributed by atoms with Crippen molar-refractivity contribution in [3.63, 3.8) is 0 Å². The van der Waals surface area contributed by atoms with Gasteiger partial charge < -0.3 is 9.47 Å². The highest BCUT2D eigenvalue weighted by Crippen LogP contribution is 2.31. The van der Waals surface area contributed by atoms with Gasteiger partial charge in [0, 0.05) is 10.4 Å². The second kappa shape index (κ2) is 10.3. The average Bonchev–Trinajstić information content (AvgIpc) is 3.20. The fourth-order valence-electron chi connectivity index (χ4n) is 3.41. The maximum absolute atomic E-state index is 12.7. The van der Waals surface area contributed by atoms with Gasteiger partial charge in [-0.2, -0.15) is 0 Å². The summed E-state index contributed by atoms with van der Waals surface area (Å²) >= 11 is 1.45. The smallest absolute Gasteiger partial charge is 0.266 e. The van der Waals surface area contributed by atoms with E-state index in [9.17, 15) is 4.79 Å². The van der Waals surface area contributed by atoms with Gasteiger partial charge in [0.15, 0.2) is 11.2 Å². The lowest BCUT2D eigenvalue weighted by Crippen LogP contribution is -2.30. The molecule has 4 aromatic rings. The molecule has 0 saturated heterocycles. The van der Waals surface area contributed by atoms with Crippen LogP contribution in [0.25, 0.3) is 22.4 Å². The molecule has 4 rings (SSSR count). The van der Waals surface area contributed by atoms with E-state index in [1.54, 1.807) is 6.92 Å². The summed E-state index contributed by atoms with van der Waals surface area (Å²) in [6, 6.07) is 25.7. The summed E-state index contributed by atoms with van der Waals surface area (Å²) in [5.74, 6) is 1.22. The molecule has 1 atom stereocenters. The molecule has 6 heteroatoms. The van der Waals surface area contributed by atoms with Crippen LogP contribution in [0.3, 0.4) is 0 Å². The molecule has 1 amide bonds. The number of anilines is 1. The van der Waals surface area contributed by atoms with Gasteiger partial charge in [-0.3, -0.25) is 10.1 Å². The Morgan fingerprint density at radius 3 is 2.18 bits per heavy atom. The molecule has 33 heavy (non-hydrogen) atoms. The first-order valence-corrected chi connectivity index (χ1v) is 11.7. The van der Waals surface area contributed by atoms with Crippen LogP contribution in [0, 0.1) is 6.92 Å². The van der Waals surface area contributed by atoms with Gasteiger partial charge in [-0.05, 0) is 68.3 Å². The van der Waals surface area contributed by atoms with Crippen molar-refractivity contribution in [1.29, 1.82) is 0 Å². The molecule has 0 spiro atoms. The number of amides is 1. The van der Waals surface area contributed by atoms with Gasteiger partial charge in [-0.15, -0.1) is 11.3 Å². The fraction of sp³-hybridized carbons (Fsp3) is 0.185. The highest BCUT2D eigenvalue weighted by molar-refractivity contribution is 7.16. The van der Waals surface area contributed by atoms with E-state index < -0.39 is 6.10 Å². The molecule has 5 nitrogen and oxygen atoms in total. The predicted octanol–water partition coefficient (Wildman–Crippen LogP) is 6.59. The molecule has 1 heterocycles. The first-order valence-electron chi connectivity index (χ1n) is 10.9. The van der Waals surface area contributed by atoms with Crippen molar-refractivity contribution < 1.29 is 14.3 Å². The fourth-order valence-corrected chi connectivity index (χ4v) is 4.25. The summed E-state index contributed by atoms with van der Waals surface area (Å²) in [4.78, 5) is 18.3. The highest BCUT2D eigenvalue weighted by atomic mass is 32.1. The SMILES string of the molecule is CCOc1ccc(-c2nc(NC(=O)C(C)Oc3ccc(-c4ccccc4)cc3)sc2C)cc1. The zero-order valence-corrected chi connectivity index (χ0v) is 19.7. The van der Waals surface area contributed by atoms with Gasteiger partial charge in [-0.1, -0.05) is 42.5 Å². The maximum Gasteiger partial charge on any atom is 0.266 e. The molecular weight excluding hydrogens is 432 g/mol. The quantitative estimate of drug-likeness (QED) is 0.324. The van der Waals surface area contributed by atoms with E-state index in [0.29, 0.717) is 17.5 Å². The first kappa shape index (κ1) is 22.6. The van der Waals surface area contributed by atoms with E-state index in [0.717, 1.165) is 33.0 Å². The number of rotatable bonds is 8. The van der Waals surface area contributed by atoms with Crippen LogP contribution >= 0.6 is 11.3 Å². The Hall–Kier alpha value is -3.64. The molecule has 0 radical (unpaired) electrons. The van der Waals surface area contributed by atoms with Crippen LogP contribution in [-0.4, -0.2) is 23.6 Å². The summed E-state index contributed by atoms with van der Waals surface area (Å²) in [6.45, 7) is 6.31. The van der Waals surface area contributed by atoms with Gasteiger partial charge >= 0.3 is 0 Å². The van der Waals surface area contributed by atoms with E-state index in [2.05, 4.69) is 22.4 Å². The van der Waals surface area contributed by atoms with Crippen LogP contribution in [0.5, 0.6) is 11.5 Å². The Labute approximate surface area is 198 Å². The summed E-state index contributed by atoms with van der Waals surface area (Å²) in [5.41, 5.74) is 4.07. The lowest BCUT2D eigenvalue weighted by Gasteiger charge is -2.14. The highest BCUT2D eigenvalue weighted by Gasteiger charge is 2.18. The van der Waals surface area contributed by atoms with Gasteiger partial charge in [0.05, 0.1) is 12.3 Å². The van der Waals surface area contributed by atoms with Gasteiger partial charge in [0.25, 0.3) is 5.91 Å². The Kier molecular flexibility index (Phi) is 7.05. The third-order valence-electron chi connectivity index (χ3n) is 5.11. The Morgan fingerprint density at radius 1 is 0.909 bits per heavy atom. The van der Waals surface area contributed by atoms with Crippen molar-refractivity contribution in [3.8, 4) is 33.9 Å². The molecule has 0 bridgehead atoms. The van der Waals surface area contributed by atoms with Gasteiger partial charge in [-0.25, -0.2) is 4.98 Å². The molecule has 0 aliphatic carbocycles. The minimum absolute atomic E-state index is 0.242. The van der Waals surface area contributed by atoms with Gasteiger partial charge in [0.2, 0.25) is 0 Å². The second-order valence-corrected chi connectivity index (χ2v) is 8.72. The van der Waals surface area contributed by atoms with Crippen molar-refractivity contribution in [3.05, 3.63) is 83.7 Å². The monoisotopic (exact) mass is 458 g/mol. The molecule has 3 aromatic carbocycles. The van der Waals surface area contributed by atoms with Crippen molar-refractivity contribution in [2.45, 2.75) is 26.9 Å². The van der Waals surface area contributed by atoms with E-state index >= 15 is 0 Å². The number of hydrogen-bond acceptors (Lipinski definition) is 5. The van der Waals surface area contributed by atoms with Crippen LogP contribution in [0.1, 0.15) is 18.7 Å². The molecule has 1 aromatic heterocycles. The number of hydrogen-bond donors (Lipinski definition) is 1. The lowest BCUT2D eigenvalue weighted by atomic mass is 10.1. The molecule has 0 aliphatic rings. The molecule has 1 N–H and O–H groups in total. The molecule has 0 aliphatic heterocycles.